The molecule has 0 saturated carbocycles. The van der Waals surface area contributed by atoms with Gasteiger partial charge in [0, 0.05) is 13.0 Å². The van der Waals surface area contributed by atoms with Gasteiger partial charge in [0.2, 0.25) is 0 Å². The minimum atomic E-state index is -0.0103. The molecule has 0 atom stereocenters. The molecule has 316 valence electrons. The van der Waals surface area contributed by atoms with Crippen LogP contribution in [-0.4, -0.2) is 48.8 Å². The Balaban J connectivity index is 3.99. The van der Waals surface area contributed by atoms with E-state index in [9.17, 15) is 9.90 Å². The summed E-state index contributed by atoms with van der Waals surface area (Å²) in [5.41, 5.74) is 0. The topological polar surface area (TPSA) is 49.8 Å². The van der Waals surface area contributed by atoms with E-state index in [1.54, 1.807) is 0 Å². The van der Waals surface area contributed by atoms with E-state index in [1.807, 2.05) is 0 Å². The highest BCUT2D eigenvalue weighted by atomic mass is 16.5. The lowest BCUT2D eigenvalue weighted by molar-refractivity contribution is -0.143. The molecule has 0 aromatic carbocycles. The van der Waals surface area contributed by atoms with Gasteiger partial charge >= 0.3 is 5.97 Å². The normalized spacial score (nSPS) is 11.9. The number of aliphatic hydroxyl groups excluding tert-OH is 1. The predicted molar refractivity (Wildman–Crippen MR) is 235 cm³/mol. The molecule has 4 nitrogen and oxygen atoms in total. The van der Waals surface area contributed by atoms with E-state index in [-0.39, 0.29) is 12.6 Å². The number of unbranched alkanes of at least 4 members (excludes halogenated alkanes) is 29. The molecule has 0 saturated heterocycles. The summed E-state index contributed by atoms with van der Waals surface area (Å²) in [4.78, 5) is 14.5. The summed E-state index contributed by atoms with van der Waals surface area (Å²) in [5.74, 6) is 0.796. The summed E-state index contributed by atoms with van der Waals surface area (Å²) in [6.07, 6.45) is 53.5. The van der Waals surface area contributed by atoms with E-state index in [4.69, 9.17) is 4.74 Å². The fourth-order valence-electron chi connectivity index (χ4n) is 7.76. The lowest BCUT2D eigenvalue weighted by Gasteiger charge is -2.21. The van der Waals surface area contributed by atoms with E-state index in [1.165, 1.54) is 212 Å². The van der Waals surface area contributed by atoms with Gasteiger partial charge < -0.3 is 14.7 Å². The van der Waals surface area contributed by atoms with Crippen molar-refractivity contribution in [3.63, 3.8) is 0 Å². The van der Waals surface area contributed by atoms with Crippen LogP contribution in [0.1, 0.15) is 258 Å². The van der Waals surface area contributed by atoms with Gasteiger partial charge in [0.25, 0.3) is 0 Å². The molecule has 0 aliphatic heterocycles. The number of carbonyl (C=O) groups excluding carboxylic acids is 1. The minimum absolute atomic E-state index is 0.0103. The zero-order valence-electron chi connectivity index (χ0n) is 36.6. The van der Waals surface area contributed by atoms with Gasteiger partial charge in [0.05, 0.1) is 13.2 Å². The van der Waals surface area contributed by atoms with Gasteiger partial charge in [0.1, 0.15) is 0 Å². The zero-order chi connectivity index (χ0) is 38.6. The van der Waals surface area contributed by atoms with E-state index in [0.29, 0.717) is 13.0 Å². The van der Waals surface area contributed by atoms with Crippen molar-refractivity contribution in [3.8, 4) is 0 Å². The van der Waals surface area contributed by atoms with Crippen molar-refractivity contribution >= 4 is 5.97 Å². The number of nitrogens with zero attached hydrogens (tertiary/aromatic N) is 1. The number of aliphatic hydroxyl groups is 1. The van der Waals surface area contributed by atoms with Crippen LogP contribution in [0.5, 0.6) is 0 Å². The molecule has 4 heteroatoms. The van der Waals surface area contributed by atoms with Crippen molar-refractivity contribution in [2.24, 2.45) is 5.92 Å². The monoisotopic (exact) mass is 748 g/mol. The average molecular weight is 748 g/mol. The number of esters is 1. The quantitative estimate of drug-likeness (QED) is 0.0383. The SMILES string of the molecule is CCCCCCCCCCC(/C=C\CCCCCCCN(CCO)CCCCCCCC(=O)OCCCCCCCCC)CCCCCCCCCC. The Morgan fingerprint density at radius 3 is 1.36 bits per heavy atom. The molecular weight excluding hydrogens is 651 g/mol. The number of hydrogen-bond donors (Lipinski definition) is 1. The molecular formula is C49H97NO3. The highest BCUT2D eigenvalue weighted by molar-refractivity contribution is 5.69. The standard InChI is InChI=1S/C49H97NO3/c1-4-7-10-13-16-19-25-32-39-48(40-33-26-20-17-14-11-8-5-2)41-34-27-21-18-22-29-36-43-50(45-46-51)44-37-30-24-28-35-42-49(52)53-47-38-31-23-15-12-9-6-3/h34,41,48,51H,4-33,35-40,42-47H2,1-3H3/b41-34-. The first-order valence-corrected chi connectivity index (χ1v) is 24.3. The molecule has 0 spiro atoms. The number of carbonyl (C=O) groups is 1. The van der Waals surface area contributed by atoms with E-state index < -0.39 is 0 Å². The predicted octanol–water partition coefficient (Wildman–Crippen LogP) is 15.5. The Labute approximate surface area is 333 Å². The Kier molecular flexibility index (Phi) is 44.8. The summed E-state index contributed by atoms with van der Waals surface area (Å²) >= 11 is 0. The van der Waals surface area contributed by atoms with Crippen LogP contribution in [0.3, 0.4) is 0 Å². The van der Waals surface area contributed by atoms with Crippen LogP contribution < -0.4 is 0 Å². The molecule has 53 heavy (non-hydrogen) atoms. The van der Waals surface area contributed by atoms with Crippen LogP contribution >= 0.6 is 0 Å². The summed E-state index contributed by atoms with van der Waals surface area (Å²) in [6.45, 7) is 10.7. The van der Waals surface area contributed by atoms with Gasteiger partial charge in [-0.2, -0.15) is 0 Å². The maximum atomic E-state index is 12.0. The summed E-state index contributed by atoms with van der Waals surface area (Å²) in [6, 6.07) is 0. The van der Waals surface area contributed by atoms with Crippen LogP contribution in [0.25, 0.3) is 0 Å². The maximum Gasteiger partial charge on any atom is 0.305 e. The Bertz CT molecular complexity index is 705. The summed E-state index contributed by atoms with van der Waals surface area (Å²) in [7, 11) is 0. The van der Waals surface area contributed by atoms with Crippen LogP contribution in [0.4, 0.5) is 0 Å². The molecule has 0 aromatic heterocycles. The minimum Gasteiger partial charge on any atom is -0.466 e. The number of ether oxygens (including phenoxy) is 1. The zero-order valence-corrected chi connectivity index (χ0v) is 36.6. The van der Waals surface area contributed by atoms with Gasteiger partial charge in [0.15, 0.2) is 0 Å². The van der Waals surface area contributed by atoms with Crippen molar-refractivity contribution in [1.82, 2.24) is 4.90 Å². The number of allylic oxidation sites excluding steroid dienone is 2. The van der Waals surface area contributed by atoms with Crippen molar-refractivity contribution in [1.29, 1.82) is 0 Å². The third-order valence-electron chi connectivity index (χ3n) is 11.4. The molecule has 1 N–H and O–H groups in total. The average Bonchev–Trinajstić information content (AvgIpc) is 3.16. The Morgan fingerprint density at radius 1 is 0.491 bits per heavy atom. The van der Waals surface area contributed by atoms with Crippen LogP contribution in [-0.2, 0) is 9.53 Å². The molecule has 0 heterocycles. The van der Waals surface area contributed by atoms with Crippen molar-refractivity contribution in [3.05, 3.63) is 12.2 Å². The molecule has 0 radical (unpaired) electrons. The van der Waals surface area contributed by atoms with Crippen LogP contribution in [0.2, 0.25) is 0 Å². The first-order chi connectivity index (χ1) is 26.2. The van der Waals surface area contributed by atoms with Crippen LogP contribution in [0, 0.1) is 5.92 Å². The second kappa shape index (κ2) is 45.5. The van der Waals surface area contributed by atoms with Crippen molar-refractivity contribution < 1.29 is 14.6 Å². The molecule has 0 aromatic rings. The maximum absolute atomic E-state index is 12.0. The molecule has 0 amide bonds. The summed E-state index contributed by atoms with van der Waals surface area (Å²) in [5, 5.41) is 9.58. The van der Waals surface area contributed by atoms with Gasteiger partial charge in [-0.3, -0.25) is 4.79 Å². The molecule has 0 unspecified atom stereocenters. The Morgan fingerprint density at radius 2 is 0.887 bits per heavy atom. The van der Waals surface area contributed by atoms with Gasteiger partial charge in [-0.05, 0) is 70.4 Å². The molecule has 0 bridgehead atoms. The fourth-order valence-corrected chi connectivity index (χ4v) is 7.76. The van der Waals surface area contributed by atoms with Gasteiger partial charge in [-0.25, -0.2) is 0 Å². The first-order valence-electron chi connectivity index (χ1n) is 24.3. The number of rotatable bonds is 45. The summed E-state index contributed by atoms with van der Waals surface area (Å²) < 4.78 is 5.43. The van der Waals surface area contributed by atoms with Crippen molar-refractivity contribution in [2.75, 3.05) is 32.8 Å². The lowest BCUT2D eigenvalue weighted by Crippen LogP contribution is -2.29. The number of hydrogen-bond acceptors (Lipinski definition) is 4. The smallest absolute Gasteiger partial charge is 0.305 e. The third kappa shape index (κ3) is 42.1. The van der Waals surface area contributed by atoms with Gasteiger partial charge in [-0.15, -0.1) is 0 Å². The molecule has 0 fully saturated rings. The van der Waals surface area contributed by atoms with Crippen LogP contribution in [0.15, 0.2) is 12.2 Å². The largest absolute Gasteiger partial charge is 0.466 e. The Hall–Kier alpha value is -0.870. The van der Waals surface area contributed by atoms with E-state index >= 15 is 0 Å². The lowest BCUT2D eigenvalue weighted by atomic mass is 9.93. The highest BCUT2D eigenvalue weighted by Crippen LogP contribution is 2.22. The highest BCUT2D eigenvalue weighted by Gasteiger charge is 2.07. The van der Waals surface area contributed by atoms with Crippen molar-refractivity contribution in [2.45, 2.75) is 258 Å². The van der Waals surface area contributed by atoms with E-state index in [2.05, 4.69) is 37.8 Å². The molecule has 0 aliphatic rings. The molecule has 0 aliphatic carbocycles. The van der Waals surface area contributed by atoms with Gasteiger partial charge in [-0.1, -0.05) is 213 Å². The first kappa shape index (κ1) is 52.1. The second-order valence-corrected chi connectivity index (χ2v) is 16.7. The third-order valence-corrected chi connectivity index (χ3v) is 11.4. The van der Waals surface area contributed by atoms with E-state index in [0.717, 1.165) is 44.8 Å². The fraction of sp³-hybridized carbons (Fsp3) is 0.939. The second-order valence-electron chi connectivity index (χ2n) is 16.7. The molecule has 0 rings (SSSR count).